The highest BCUT2D eigenvalue weighted by Crippen LogP contribution is 2.36. The molecule has 1 aliphatic rings. The number of alkyl halides is 1. The average molecular weight is 243 g/mol. The van der Waals surface area contributed by atoms with Crippen molar-refractivity contribution in [3.8, 4) is 0 Å². The van der Waals surface area contributed by atoms with Gasteiger partial charge in [-0.1, -0.05) is 28.1 Å². The Labute approximate surface area is 86.3 Å². The molecule has 13 heavy (non-hydrogen) atoms. The van der Waals surface area contributed by atoms with Crippen molar-refractivity contribution < 1.29 is 4.39 Å². The van der Waals surface area contributed by atoms with E-state index in [2.05, 4.69) is 28.1 Å². The van der Waals surface area contributed by atoms with Crippen molar-refractivity contribution in [2.75, 3.05) is 0 Å². The van der Waals surface area contributed by atoms with Gasteiger partial charge in [-0.05, 0) is 42.9 Å². The molecule has 1 aromatic rings. The second-order valence-corrected chi connectivity index (χ2v) is 4.57. The van der Waals surface area contributed by atoms with Gasteiger partial charge < -0.3 is 0 Å². The molecule has 1 saturated carbocycles. The molecule has 1 aromatic carbocycles. The maximum Gasteiger partial charge on any atom is 0.101 e. The minimum atomic E-state index is -0.575. The minimum Gasteiger partial charge on any atom is -0.247 e. The van der Waals surface area contributed by atoms with Crippen LogP contribution in [0.15, 0.2) is 28.7 Å². The van der Waals surface area contributed by atoms with Gasteiger partial charge in [0.25, 0.3) is 0 Å². The molecule has 0 nitrogen and oxygen atoms in total. The van der Waals surface area contributed by atoms with E-state index in [9.17, 15) is 4.39 Å². The Morgan fingerprint density at radius 3 is 2.38 bits per heavy atom. The van der Waals surface area contributed by atoms with Crippen molar-refractivity contribution in [1.29, 1.82) is 0 Å². The summed E-state index contributed by atoms with van der Waals surface area (Å²) < 4.78 is 14.0. The highest BCUT2D eigenvalue weighted by molar-refractivity contribution is 9.10. The van der Waals surface area contributed by atoms with Crippen LogP contribution in [-0.2, 0) is 0 Å². The van der Waals surface area contributed by atoms with Gasteiger partial charge in [0.05, 0.1) is 0 Å². The Balaban J connectivity index is 2.13. The SMILES string of the molecule is F[C@@H]1CC[C@@H](c2ccc(Br)cc2)C1. The van der Waals surface area contributed by atoms with E-state index in [0.29, 0.717) is 12.3 Å². The lowest BCUT2D eigenvalue weighted by atomic mass is 9.98. The van der Waals surface area contributed by atoms with E-state index in [1.54, 1.807) is 0 Å². The van der Waals surface area contributed by atoms with Crippen LogP contribution >= 0.6 is 15.9 Å². The molecule has 1 fully saturated rings. The van der Waals surface area contributed by atoms with E-state index in [0.717, 1.165) is 17.3 Å². The van der Waals surface area contributed by atoms with Crippen LogP contribution < -0.4 is 0 Å². The van der Waals surface area contributed by atoms with E-state index < -0.39 is 6.17 Å². The first kappa shape index (κ1) is 9.20. The Morgan fingerprint density at radius 2 is 1.85 bits per heavy atom. The lowest BCUT2D eigenvalue weighted by Crippen LogP contribution is -1.94. The first-order valence-electron chi connectivity index (χ1n) is 4.65. The molecule has 0 N–H and O–H groups in total. The number of rotatable bonds is 1. The van der Waals surface area contributed by atoms with Gasteiger partial charge in [-0.3, -0.25) is 0 Å². The molecule has 1 aliphatic carbocycles. The van der Waals surface area contributed by atoms with E-state index in [-0.39, 0.29) is 0 Å². The third-order valence-electron chi connectivity index (χ3n) is 2.71. The zero-order chi connectivity index (χ0) is 9.26. The van der Waals surface area contributed by atoms with Crippen LogP contribution in [0.2, 0.25) is 0 Å². The van der Waals surface area contributed by atoms with Crippen molar-refractivity contribution in [3.05, 3.63) is 34.3 Å². The fourth-order valence-corrected chi connectivity index (χ4v) is 2.23. The topological polar surface area (TPSA) is 0 Å². The van der Waals surface area contributed by atoms with Gasteiger partial charge in [0, 0.05) is 4.47 Å². The predicted octanol–water partition coefficient (Wildman–Crippen LogP) is 4.05. The zero-order valence-electron chi connectivity index (χ0n) is 7.34. The highest BCUT2D eigenvalue weighted by atomic mass is 79.9. The Bertz CT molecular complexity index is 281. The Kier molecular flexibility index (Phi) is 2.68. The lowest BCUT2D eigenvalue weighted by molar-refractivity contribution is 0.339. The summed E-state index contributed by atoms with van der Waals surface area (Å²) in [5.74, 6) is 0.447. The fourth-order valence-electron chi connectivity index (χ4n) is 1.96. The standard InChI is InChI=1S/C11H12BrF/c12-10-4-1-8(2-5-10)9-3-6-11(13)7-9/h1-2,4-5,9,11H,3,6-7H2/t9-,11-/m1/s1. The molecular formula is C11H12BrF. The quantitative estimate of drug-likeness (QED) is 0.697. The van der Waals surface area contributed by atoms with Gasteiger partial charge in [-0.2, -0.15) is 0 Å². The predicted molar refractivity (Wildman–Crippen MR) is 55.6 cm³/mol. The molecule has 0 aromatic heterocycles. The van der Waals surface area contributed by atoms with Crippen LogP contribution in [0.25, 0.3) is 0 Å². The molecule has 0 spiro atoms. The number of benzene rings is 1. The first-order chi connectivity index (χ1) is 6.25. The third-order valence-corrected chi connectivity index (χ3v) is 3.24. The van der Waals surface area contributed by atoms with Gasteiger partial charge in [-0.25, -0.2) is 4.39 Å². The molecule has 0 saturated heterocycles. The smallest absolute Gasteiger partial charge is 0.101 e. The lowest BCUT2D eigenvalue weighted by Gasteiger charge is -2.08. The number of hydrogen-bond acceptors (Lipinski definition) is 0. The second-order valence-electron chi connectivity index (χ2n) is 3.66. The maximum absolute atomic E-state index is 12.9. The number of hydrogen-bond donors (Lipinski definition) is 0. The third kappa shape index (κ3) is 2.11. The van der Waals surface area contributed by atoms with Crippen LogP contribution in [-0.4, -0.2) is 6.17 Å². The second kappa shape index (κ2) is 3.79. The van der Waals surface area contributed by atoms with Gasteiger partial charge in [0.2, 0.25) is 0 Å². The van der Waals surface area contributed by atoms with Gasteiger partial charge >= 0.3 is 0 Å². The summed E-state index contributed by atoms with van der Waals surface area (Å²) in [5, 5.41) is 0. The molecule has 0 radical (unpaired) electrons. The molecule has 0 heterocycles. The Morgan fingerprint density at radius 1 is 1.15 bits per heavy atom. The van der Waals surface area contributed by atoms with Gasteiger partial charge in [0.15, 0.2) is 0 Å². The summed E-state index contributed by atoms with van der Waals surface area (Å²) in [6.45, 7) is 0. The van der Waals surface area contributed by atoms with Crippen LogP contribution in [0, 0.1) is 0 Å². The largest absolute Gasteiger partial charge is 0.247 e. The van der Waals surface area contributed by atoms with Crippen LogP contribution in [0.4, 0.5) is 4.39 Å². The number of halogens is 2. The van der Waals surface area contributed by atoms with E-state index in [1.807, 2.05) is 12.1 Å². The van der Waals surface area contributed by atoms with E-state index in [4.69, 9.17) is 0 Å². The molecule has 0 unspecified atom stereocenters. The van der Waals surface area contributed by atoms with Crippen molar-refractivity contribution in [2.45, 2.75) is 31.4 Å². The first-order valence-corrected chi connectivity index (χ1v) is 5.44. The van der Waals surface area contributed by atoms with Gasteiger partial charge in [-0.15, -0.1) is 0 Å². The van der Waals surface area contributed by atoms with Gasteiger partial charge in [0.1, 0.15) is 6.17 Å². The average Bonchev–Trinajstić information content (AvgIpc) is 2.53. The van der Waals surface area contributed by atoms with Crippen molar-refractivity contribution in [3.63, 3.8) is 0 Å². The zero-order valence-corrected chi connectivity index (χ0v) is 8.93. The van der Waals surface area contributed by atoms with Crippen molar-refractivity contribution >= 4 is 15.9 Å². The molecule has 2 rings (SSSR count). The normalized spacial score (nSPS) is 27.8. The molecule has 2 atom stereocenters. The van der Waals surface area contributed by atoms with Crippen LogP contribution in [0.5, 0.6) is 0 Å². The summed E-state index contributed by atoms with van der Waals surface area (Å²) in [6.07, 6.45) is 1.87. The molecule has 0 aliphatic heterocycles. The highest BCUT2D eigenvalue weighted by Gasteiger charge is 2.25. The molecule has 0 bridgehead atoms. The van der Waals surface area contributed by atoms with E-state index in [1.165, 1.54) is 5.56 Å². The maximum atomic E-state index is 12.9. The Hall–Kier alpha value is -0.370. The monoisotopic (exact) mass is 242 g/mol. The van der Waals surface area contributed by atoms with E-state index >= 15 is 0 Å². The molecule has 0 amide bonds. The summed E-state index contributed by atoms with van der Waals surface area (Å²) in [4.78, 5) is 0. The van der Waals surface area contributed by atoms with Crippen LogP contribution in [0.1, 0.15) is 30.7 Å². The fraction of sp³-hybridized carbons (Fsp3) is 0.455. The van der Waals surface area contributed by atoms with Crippen LogP contribution in [0.3, 0.4) is 0 Å². The molecular weight excluding hydrogens is 231 g/mol. The summed E-state index contributed by atoms with van der Waals surface area (Å²) in [7, 11) is 0. The summed E-state index contributed by atoms with van der Waals surface area (Å²) >= 11 is 3.39. The minimum absolute atomic E-state index is 0.447. The van der Waals surface area contributed by atoms with Crippen molar-refractivity contribution in [2.24, 2.45) is 0 Å². The van der Waals surface area contributed by atoms with Crippen molar-refractivity contribution in [1.82, 2.24) is 0 Å². The molecule has 70 valence electrons. The summed E-state index contributed by atoms with van der Waals surface area (Å²) in [5.41, 5.74) is 1.28. The summed E-state index contributed by atoms with van der Waals surface area (Å²) in [6, 6.07) is 8.24. The molecule has 2 heteroatoms.